The second-order valence-electron chi connectivity index (χ2n) is 5.68. The number of rotatable bonds is 2. The van der Waals surface area contributed by atoms with Gasteiger partial charge in [-0.05, 0) is 43.2 Å². The monoisotopic (exact) mass is 246 g/mol. The van der Waals surface area contributed by atoms with Crippen molar-refractivity contribution in [1.82, 2.24) is 5.32 Å². The lowest BCUT2D eigenvalue weighted by atomic mass is 9.80. The Morgan fingerprint density at radius 3 is 2.39 bits per heavy atom. The number of nitrogens with one attached hydrogen (secondary N) is 1. The van der Waals surface area contributed by atoms with Gasteiger partial charge in [-0.1, -0.05) is 26.0 Å². The van der Waals surface area contributed by atoms with E-state index >= 15 is 0 Å². The van der Waals surface area contributed by atoms with Gasteiger partial charge in [-0.25, -0.2) is 0 Å². The van der Waals surface area contributed by atoms with Crippen molar-refractivity contribution in [3.05, 3.63) is 29.8 Å². The van der Waals surface area contributed by atoms with Crippen LogP contribution in [0.5, 0.6) is 0 Å². The standard InChI is InChI=1S/C15H22N2O/c1-10-7-11(2)9-12(8-10)17-15(18)13-5-3-4-6-14(13)16/h3-6,10-12H,7-9,16H2,1-2H3,(H,17,18). The summed E-state index contributed by atoms with van der Waals surface area (Å²) in [5.41, 5.74) is 6.95. The molecule has 0 aromatic heterocycles. The van der Waals surface area contributed by atoms with Crippen LogP contribution in [0.25, 0.3) is 0 Å². The van der Waals surface area contributed by atoms with E-state index in [2.05, 4.69) is 19.2 Å². The van der Waals surface area contributed by atoms with Crippen molar-refractivity contribution in [3.8, 4) is 0 Å². The maximum absolute atomic E-state index is 12.2. The summed E-state index contributed by atoms with van der Waals surface area (Å²) in [7, 11) is 0. The van der Waals surface area contributed by atoms with Gasteiger partial charge in [0.05, 0.1) is 5.56 Å². The smallest absolute Gasteiger partial charge is 0.253 e. The fraction of sp³-hybridized carbons (Fsp3) is 0.533. The van der Waals surface area contributed by atoms with Crippen LogP contribution < -0.4 is 11.1 Å². The molecule has 1 aromatic carbocycles. The van der Waals surface area contributed by atoms with Crippen molar-refractivity contribution in [2.24, 2.45) is 11.8 Å². The molecule has 0 aliphatic heterocycles. The normalized spacial score (nSPS) is 27.8. The molecule has 0 bridgehead atoms. The zero-order valence-electron chi connectivity index (χ0n) is 11.1. The molecule has 1 aromatic rings. The highest BCUT2D eigenvalue weighted by molar-refractivity contribution is 5.99. The molecule has 1 amide bonds. The summed E-state index contributed by atoms with van der Waals surface area (Å²) < 4.78 is 0. The van der Waals surface area contributed by atoms with Crippen molar-refractivity contribution in [3.63, 3.8) is 0 Å². The molecule has 2 unspecified atom stereocenters. The van der Waals surface area contributed by atoms with Crippen molar-refractivity contribution in [1.29, 1.82) is 0 Å². The van der Waals surface area contributed by atoms with Crippen molar-refractivity contribution < 1.29 is 4.79 Å². The van der Waals surface area contributed by atoms with E-state index in [0.717, 1.165) is 12.8 Å². The van der Waals surface area contributed by atoms with Crippen LogP contribution in [-0.2, 0) is 0 Å². The number of carbonyl (C=O) groups is 1. The van der Waals surface area contributed by atoms with E-state index in [4.69, 9.17) is 5.73 Å². The van der Waals surface area contributed by atoms with Gasteiger partial charge in [-0.3, -0.25) is 4.79 Å². The van der Waals surface area contributed by atoms with Gasteiger partial charge in [0, 0.05) is 11.7 Å². The lowest BCUT2D eigenvalue weighted by molar-refractivity contribution is 0.0912. The van der Waals surface area contributed by atoms with Gasteiger partial charge in [-0.2, -0.15) is 0 Å². The molecular formula is C15H22N2O. The van der Waals surface area contributed by atoms with Gasteiger partial charge in [0.1, 0.15) is 0 Å². The van der Waals surface area contributed by atoms with Crippen LogP contribution in [-0.4, -0.2) is 11.9 Å². The lowest BCUT2D eigenvalue weighted by Crippen LogP contribution is -2.40. The third-order valence-corrected chi connectivity index (χ3v) is 3.72. The molecule has 1 aliphatic carbocycles. The van der Waals surface area contributed by atoms with Gasteiger partial charge in [0.25, 0.3) is 5.91 Å². The number of amides is 1. The highest BCUT2D eigenvalue weighted by Gasteiger charge is 2.25. The number of nitrogens with two attached hydrogens (primary N) is 1. The van der Waals surface area contributed by atoms with E-state index < -0.39 is 0 Å². The van der Waals surface area contributed by atoms with Crippen LogP contribution >= 0.6 is 0 Å². The molecule has 3 nitrogen and oxygen atoms in total. The lowest BCUT2D eigenvalue weighted by Gasteiger charge is -2.32. The summed E-state index contributed by atoms with van der Waals surface area (Å²) in [6.45, 7) is 4.51. The molecule has 3 heteroatoms. The Bertz CT molecular complexity index is 420. The Balaban J connectivity index is 2.01. The molecule has 18 heavy (non-hydrogen) atoms. The summed E-state index contributed by atoms with van der Waals surface area (Å²) in [6, 6.07) is 7.52. The molecule has 0 heterocycles. The van der Waals surface area contributed by atoms with Crippen LogP contribution in [0.3, 0.4) is 0 Å². The van der Waals surface area contributed by atoms with Crippen molar-refractivity contribution >= 4 is 11.6 Å². The van der Waals surface area contributed by atoms with Crippen molar-refractivity contribution in [2.45, 2.75) is 39.2 Å². The zero-order valence-corrected chi connectivity index (χ0v) is 11.1. The largest absolute Gasteiger partial charge is 0.398 e. The number of anilines is 1. The van der Waals surface area contributed by atoms with Crippen molar-refractivity contribution in [2.75, 3.05) is 5.73 Å². The third-order valence-electron chi connectivity index (χ3n) is 3.72. The first-order valence-corrected chi connectivity index (χ1v) is 6.71. The van der Waals surface area contributed by atoms with Crippen LogP contribution in [0.2, 0.25) is 0 Å². The summed E-state index contributed by atoms with van der Waals surface area (Å²) in [5, 5.41) is 3.12. The molecular weight excluding hydrogens is 224 g/mol. The summed E-state index contributed by atoms with van der Waals surface area (Å²) in [4.78, 5) is 12.2. The van der Waals surface area contributed by atoms with Crippen LogP contribution in [0, 0.1) is 11.8 Å². The van der Waals surface area contributed by atoms with Crippen LogP contribution in [0.15, 0.2) is 24.3 Å². The Hall–Kier alpha value is -1.51. The second kappa shape index (κ2) is 5.42. The molecule has 2 atom stereocenters. The summed E-state index contributed by atoms with van der Waals surface area (Å²) in [6.07, 6.45) is 3.41. The molecule has 1 aliphatic rings. The minimum Gasteiger partial charge on any atom is -0.398 e. The average molecular weight is 246 g/mol. The van der Waals surface area contributed by atoms with Crippen LogP contribution in [0.1, 0.15) is 43.5 Å². The highest BCUT2D eigenvalue weighted by Crippen LogP contribution is 2.28. The predicted molar refractivity (Wildman–Crippen MR) is 74.3 cm³/mol. The molecule has 0 radical (unpaired) electrons. The van der Waals surface area contributed by atoms with Crippen LogP contribution in [0.4, 0.5) is 5.69 Å². The average Bonchev–Trinajstić information content (AvgIpc) is 2.27. The number of hydrogen-bond acceptors (Lipinski definition) is 2. The fourth-order valence-electron chi connectivity index (χ4n) is 3.03. The Labute approximate surface area is 109 Å². The SMILES string of the molecule is CC1CC(C)CC(NC(=O)c2ccccc2N)C1. The molecule has 1 fully saturated rings. The number of para-hydroxylation sites is 1. The summed E-state index contributed by atoms with van der Waals surface area (Å²) >= 11 is 0. The van der Waals surface area contributed by atoms with E-state index in [1.165, 1.54) is 6.42 Å². The Morgan fingerprint density at radius 1 is 1.17 bits per heavy atom. The molecule has 0 saturated heterocycles. The minimum atomic E-state index is -0.0422. The van der Waals surface area contributed by atoms with Gasteiger partial charge in [0.15, 0.2) is 0 Å². The third kappa shape index (κ3) is 3.03. The summed E-state index contributed by atoms with van der Waals surface area (Å²) in [5.74, 6) is 1.33. The molecule has 98 valence electrons. The molecule has 1 saturated carbocycles. The Kier molecular flexibility index (Phi) is 3.90. The van der Waals surface area contributed by atoms with E-state index in [1.807, 2.05) is 12.1 Å². The van der Waals surface area contributed by atoms with E-state index in [1.54, 1.807) is 12.1 Å². The number of benzene rings is 1. The molecule has 3 N–H and O–H groups in total. The first-order chi connectivity index (χ1) is 8.56. The number of hydrogen-bond donors (Lipinski definition) is 2. The van der Waals surface area contributed by atoms with E-state index in [0.29, 0.717) is 23.1 Å². The highest BCUT2D eigenvalue weighted by atomic mass is 16.1. The van der Waals surface area contributed by atoms with Gasteiger partial charge in [-0.15, -0.1) is 0 Å². The molecule has 2 rings (SSSR count). The maximum Gasteiger partial charge on any atom is 0.253 e. The van der Waals surface area contributed by atoms with Gasteiger partial charge < -0.3 is 11.1 Å². The quantitative estimate of drug-likeness (QED) is 0.788. The van der Waals surface area contributed by atoms with Gasteiger partial charge in [0.2, 0.25) is 0 Å². The second-order valence-corrected chi connectivity index (χ2v) is 5.68. The maximum atomic E-state index is 12.2. The minimum absolute atomic E-state index is 0.0422. The predicted octanol–water partition coefficient (Wildman–Crippen LogP) is 2.82. The first-order valence-electron chi connectivity index (χ1n) is 6.71. The molecule has 0 spiro atoms. The van der Waals surface area contributed by atoms with Gasteiger partial charge >= 0.3 is 0 Å². The topological polar surface area (TPSA) is 55.1 Å². The number of carbonyl (C=O) groups excluding carboxylic acids is 1. The zero-order chi connectivity index (χ0) is 13.1. The fourth-order valence-corrected chi connectivity index (χ4v) is 3.03. The first kappa shape index (κ1) is 12.9. The number of nitrogen functional groups attached to an aromatic ring is 1. The Morgan fingerprint density at radius 2 is 1.78 bits per heavy atom. The van der Waals surface area contributed by atoms with E-state index in [-0.39, 0.29) is 11.9 Å². The van der Waals surface area contributed by atoms with E-state index in [9.17, 15) is 4.79 Å².